The van der Waals surface area contributed by atoms with Crippen LogP contribution >= 0.6 is 11.8 Å². The average Bonchev–Trinajstić information content (AvgIpc) is 2.37. The number of nitrogen functional groups attached to an aromatic ring is 1. The van der Waals surface area contributed by atoms with Crippen molar-refractivity contribution in [1.82, 2.24) is 9.97 Å². The Labute approximate surface area is 113 Å². The number of rotatable bonds is 9. The molecule has 102 valence electrons. The van der Waals surface area contributed by atoms with E-state index in [4.69, 9.17) is 5.73 Å². The lowest BCUT2D eigenvalue weighted by Gasteiger charge is -2.08. The third-order valence-corrected chi connectivity index (χ3v) is 3.28. The maximum absolute atomic E-state index is 5.62. The Morgan fingerprint density at radius 2 is 1.89 bits per heavy atom. The number of aromatic nitrogens is 2. The zero-order valence-corrected chi connectivity index (χ0v) is 12.0. The minimum Gasteiger partial charge on any atom is -0.373 e. The molecule has 0 fully saturated rings. The maximum Gasteiger partial charge on any atom is 0.223 e. The van der Waals surface area contributed by atoms with Crippen molar-refractivity contribution in [3.8, 4) is 0 Å². The zero-order valence-electron chi connectivity index (χ0n) is 11.2. The van der Waals surface area contributed by atoms with E-state index in [1.807, 2.05) is 24.9 Å². The molecule has 0 unspecified atom stereocenters. The maximum atomic E-state index is 5.62. The van der Waals surface area contributed by atoms with E-state index in [1.165, 1.54) is 25.0 Å². The van der Waals surface area contributed by atoms with Crippen LogP contribution in [0.15, 0.2) is 6.07 Å². The Bertz CT molecular complexity index is 345. The number of nitrogens with one attached hydrogen (secondary N) is 2. The summed E-state index contributed by atoms with van der Waals surface area (Å²) in [6.07, 6.45) is 7.18. The molecule has 0 spiro atoms. The number of hydrogen-bond donors (Lipinski definition) is 3. The summed E-state index contributed by atoms with van der Waals surface area (Å²) in [7, 11) is 1.82. The fourth-order valence-corrected chi connectivity index (χ4v) is 2.12. The van der Waals surface area contributed by atoms with Crippen LogP contribution in [-0.4, -0.2) is 35.6 Å². The van der Waals surface area contributed by atoms with Gasteiger partial charge in [-0.2, -0.15) is 21.7 Å². The van der Waals surface area contributed by atoms with Crippen molar-refractivity contribution in [1.29, 1.82) is 0 Å². The molecule has 1 aromatic rings. The second-order valence-electron chi connectivity index (χ2n) is 4.08. The van der Waals surface area contributed by atoms with Crippen LogP contribution in [0.4, 0.5) is 17.6 Å². The van der Waals surface area contributed by atoms with Crippen molar-refractivity contribution in [2.45, 2.75) is 25.7 Å². The van der Waals surface area contributed by atoms with Crippen molar-refractivity contribution >= 4 is 29.3 Å². The average molecular weight is 269 g/mol. The molecule has 0 aliphatic rings. The van der Waals surface area contributed by atoms with Gasteiger partial charge in [0.15, 0.2) is 0 Å². The van der Waals surface area contributed by atoms with Crippen LogP contribution in [0.3, 0.4) is 0 Å². The zero-order chi connectivity index (χ0) is 13.2. The lowest BCUT2D eigenvalue weighted by Crippen LogP contribution is -2.07. The number of unbranched alkanes of at least 4 members (excludes halogenated alkanes) is 3. The van der Waals surface area contributed by atoms with E-state index in [0.29, 0.717) is 5.95 Å². The first-order chi connectivity index (χ1) is 8.76. The summed E-state index contributed by atoms with van der Waals surface area (Å²) >= 11 is 1.91. The molecule has 1 heterocycles. The van der Waals surface area contributed by atoms with Crippen LogP contribution in [0, 0.1) is 0 Å². The van der Waals surface area contributed by atoms with E-state index in [9.17, 15) is 0 Å². The molecule has 0 radical (unpaired) electrons. The highest BCUT2D eigenvalue weighted by Crippen LogP contribution is 2.12. The number of thioether (sulfide) groups is 1. The first-order valence-corrected chi connectivity index (χ1v) is 7.70. The van der Waals surface area contributed by atoms with Crippen molar-refractivity contribution < 1.29 is 0 Å². The Morgan fingerprint density at radius 1 is 1.17 bits per heavy atom. The van der Waals surface area contributed by atoms with Gasteiger partial charge in [-0.1, -0.05) is 12.8 Å². The van der Waals surface area contributed by atoms with E-state index < -0.39 is 0 Å². The molecule has 0 aromatic carbocycles. The van der Waals surface area contributed by atoms with E-state index >= 15 is 0 Å². The molecule has 0 aliphatic carbocycles. The van der Waals surface area contributed by atoms with Crippen LogP contribution < -0.4 is 16.4 Å². The minimum atomic E-state index is 0.296. The highest BCUT2D eigenvalue weighted by atomic mass is 32.2. The van der Waals surface area contributed by atoms with Gasteiger partial charge in [0.25, 0.3) is 0 Å². The molecule has 0 atom stereocenters. The highest BCUT2D eigenvalue weighted by Gasteiger charge is 2.00. The van der Waals surface area contributed by atoms with Gasteiger partial charge in [-0.05, 0) is 24.9 Å². The van der Waals surface area contributed by atoms with Crippen molar-refractivity contribution in [2.75, 3.05) is 42.0 Å². The number of nitrogens with two attached hydrogens (primary N) is 1. The summed E-state index contributed by atoms with van der Waals surface area (Å²) < 4.78 is 0. The molecule has 0 saturated heterocycles. The largest absolute Gasteiger partial charge is 0.373 e. The van der Waals surface area contributed by atoms with Crippen LogP contribution in [0.5, 0.6) is 0 Å². The molecule has 0 bridgehead atoms. The monoisotopic (exact) mass is 269 g/mol. The molecule has 4 N–H and O–H groups in total. The quantitative estimate of drug-likeness (QED) is 0.598. The fraction of sp³-hybridized carbons (Fsp3) is 0.667. The first-order valence-electron chi connectivity index (χ1n) is 6.31. The highest BCUT2D eigenvalue weighted by molar-refractivity contribution is 7.98. The van der Waals surface area contributed by atoms with Gasteiger partial charge in [0.2, 0.25) is 5.95 Å². The van der Waals surface area contributed by atoms with E-state index in [1.54, 1.807) is 0 Å². The Kier molecular flexibility index (Phi) is 7.32. The molecule has 18 heavy (non-hydrogen) atoms. The van der Waals surface area contributed by atoms with Crippen molar-refractivity contribution in [2.24, 2.45) is 0 Å². The summed E-state index contributed by atoms with van der Waals surface area (Å²) in [5.74, 6) is 3.09. The minimum absolute atomic E-state index is 0.296. The van der Waals surface area contributed by atoms with E-state index in [2.05, 4.69) is 26.9 Å². The van der Waals surface area contributed by atoms with Gasteiger partial charge >= 0.3 is 0 Å². The van der Waals surface area contributed by atoms with Crippen LogP contribution in [0.25, 0.3) is 0 Å². The molecule has 0 amide bonds. The number of hydrogen-bond acceptors (Lipinski definition) is 6. The molecule has 1 aromatic heterocycles. The first kappa shape index (κ1) is 14.9. The Morgan fingerprint density at radius 3 is 2.61 bits per heavy atom. The lowest BCUT2D eigenvalue weighted by molar-refractivity contribution is 0.688. The fourth-order valence-electron chi connectivity index (χ4n) is 1.63. The van der Waals surface area contributed by atoms with Crippen molar-refractivity contribution in [3.63, 3.8) is 0 Å². The van der Waals surface area contributed by atoms with Gasteiger partial charge in [-0.15, -0.1) is 0 Å². The third-order valence-electron chi connectivity index (χ3n) is 2.58. The number of nitrogens with zero attached hydrogens (tertiary/aromatic N) is 2. The van der Waals surface area contributed by atoms with Gasteiger partial charge in [-0.25, -0.2) is 0 Å². The molecule has 0 saturated carbocycles. The Balaban J connectivity index is 2.20. The SMILES string of the molecule is CNc1cc(NCCCCCCSC)nc(N)n1. The predicted molar refractivity (Wildman–Crippen MR) is 81.3 cm³/mol. The Hall–Kier alpha value is -1.17. The van der Waals surface area contributed by atoms with Gasteiger partial charge < -0.3 is 16.4 Å². The molecular formula is C12H23N5S. The second kappa shape index (κ2) is 8.85. The van der Waals surface area contributed by atoms with Gasteiger partial charge in [0, 0.05) is 19.7 Å². The van der Waals surface area contributed by atoms with Gasteiger partial charge in [-0.3, -0.25) is 0 Å². The summed E-state index contributed by atoms with van der Waals surface area (Å²) in [5, 5.41) is 6.23. The molecular weight excluding hydrogens is 246 g/mol. The third kappa shape index (κ3) is 5.95. The predicted octanol–water partition coefficient (Wildman–Crippen LogP) is 2.44. The van der Waals surface area contributed by atoms with E-state index in [0.717, 1.165) is 24.6 Å². The van der Waals surface area contributed by atoms with E-state index in [-0.39, 0.29) is 0 Å². The van der Waals surface area contributed by atoms with Crippen LogP contribution in [0.1, 0.15) is 25.7 Å². The molecule has 5 nitrogen and oxygen atoms in total. The van der Waals surface area contributed by atoms with Crippen LogP contribution in [0.2, 0.25) is 0 Å². The topological polar surface area (TPSA) is 75.9 Å². The number of anilines is 3. The molecule has 0 aliphatic heterocycles. The lowest BCUT2D eigenvalue weighted by atomic mass is 10.2. The van der Waals surface area contributed by atoms with Crippen LogP contribution in [-0.2, 0) is 0 Å². The summed E-state index contributed by atoms with van der Waals surface area (Å²) in [6, 6.07) is 1.87. The van der Waals surface area contributed by atoms with Gasteiger partial charge in [0.05, 0.1) is 0 Å². The van der Waals surface area contributed by atoms with Gasteiger partial charge in [0.1, 0.15) is 11.6 Å². The molecule has 1 rings (SSSR count). The summed E-state index contributed by atoms with van der Waals surface area (Å²) in [5.41, 5.74) is 5.62. The molecule has 6 heteroatoms. The van der Waals surface area contributed by atoms with Crippen molar-refractivity contribution in [3.05, 3.63) is 6.07 Å². The second-order valence-corrected chi connectivity index (χ2v) is 5.07. The summed E-state index contributed by atoms with van der Waals surface area (Å²) in [6.45, 7) is 0.929. The standard InChI is InChI=1S/C12H23N5S/c1-14-10-9-11(17-12(13)16-10)15-7-5-3-4-6-8-18-2/h9H,3-8H2,1-2H3,(H4,13,14,15,16,17). The normalized spacial score (nSPS) is 10.3. The summed E-state index contributed by atoms with van der Waals surface area (Å²) in [4.78, 5) is 8.18. The smallest absolute Gasteiger partial charge is 0.223 e.